The van der Waals surface area contributed by atoms with Crippen molar-refractivity contribution in [1.82, 2.24) is 4.90 Å². The van der Waals surface area contributed by atoms with Gasteiger partial charge in [0.15, 0.2) is 0 Å². The lowest BCUT2D eigenvalue weighted by molar-refractivity contribution is -0.134. The second-order valence-corrected chi connectivity index (χ2v) is 4.37. The molecule has 2 N–H and O–H groups in total. The number of hydrogen-bond donors (Lipinski definition) is 1. The predicted molar refractivity (Wildman–Crippen MR) is 66.3 cm³/mol. The Morgan fingerprint density at radius 2 is 1.89 bits per heavy atom. The second-order valence-electron chi connectivity index (χ2n) is 4.37. The van der Waals surface area contributed by atoms with Crippen molar-refractivity contribution in [3.05, 3.63) is 35.6 Å². The van der Waals surface area contributed by atoms with Gasteiger partial charge < -0.3 is 10.6 Å². The third-order valence-corrected chi connectivity index (χ3v) is 2.74. The summed E-state index contributed by atoms with van der Waals surface area (Å²) in [6.45, 7) is 1.79. The molecule has 5 heteroatoms. The van der Waals surface area contributed by atoms with Crippen LogP contribution < -0.4 is 5.73 Å². The van der Waals surface area contributed by atoms with E-state index in [1.807, 2.05) is 6.92 Å². The van der Waals surface area contributed by atoms with E-state index in [0.717, 1.165) is 5.56 Å². The average molecular weight is 252 g/mol. The molecule has 0 saturated carbocycles. The van der Waals surface area contributed by atoms with Crippen molar-refractivity contribution in [1.29, 1.82) is 0 Å². The molecule has 0 spiro atoms. The van der Waals surface area contributed by atoms with Crippen LogP contribution in [0, 0.1) is 5.82 Å². The van der Waals surface area contributed by atoms with E-state index in [0.29, 0.717) is 0 Å². The van der Waals surface area contributed by atoms with E-state index in [2.05, 4.69) is 0 Å². The number of likely N-dealkylation sites (N-methyl/N-ethyl adjacent to an activating group) is 1. The molecule has 0 fully saturated rings. The molecular formula is C13H17FN2O2. The van der Waals surface area contributed by atoms with Gasteiger partial charge in [0, 0.05) is 13.5 Å². The van der Waals surface area contributed by atoms with Crippen molar-refractivity contribution in [2.75, 3.05) is 13.6 Å². The van der Waals surface area contributed by atoms with E-state index in [4.69, 9.17) is 5.73 Å². The number of nitrogens with two attached hydrogens (primary N) is 1. The zero-order valence-corrected chi connectivity index (χ0v) is 10.5. The highest BCUT2D eigenvalue weighted by atomic mass is 19.1. The van der Waals surface area contributed by atoms with Crippen LogP contribution >= 0.6 is 0 Å². The molecule has 0 unspecified atom stereocenters. The Balaban J connectivity index is 2.59. The maximum Gasteiger partial charge on any atom is 0.237 e. The van der Waals surface area contributed by atoms with Crippen molar-refractivity contribution in [2.45, 2.75) is 19.3 Å². The summed E-state index contributed by atoms with van der Waals surface area (Å²) in [5.74, 6) is -1.04. The zero-order valence-electron chi connectivity index (χ0n) is 10.5. The van der Waals surface area contributed by atoms with Gasteiger partial charge in [-0.1, -0.05) is 19.1 Å². The number of primary amides is 1. The van der Waals surface area contributed by atoms with Crippen LogP contribution in [0.5, 0.6) is 0 Å². The van der Waals surface area contributed by atoms with Gasteiger partial charge in [-0.3, -0.25) is 9.59 Å². The van der Waals surface area contributed by atoms with Crippen molar-refractivity contribution in [3.63, 3.8) is 0 Å². The predicted octanol–water partition coefficient (Wildman–Crippen LogP) is 1.26. The molecule has 1 aromatic rings. The van der Waals surface area contributed by atoms with E-state index in [-0.39, 0.29) is 30.6 Å². The molecule has 0 aromatic heterocycles. The van der Waals surface area contributed by atoms with Crippen molar-refractivity contribution in [3.8, 4) is 0 Å². The number of halogens is 1. The van der Waals surface area contributed by atoms with Crippen LogP contribution in [0.1, 0.15) is 24.8 Å². The summed E-state index contributed by atoms with van der Waals surface area (Å²) < 4.78 is 12.8. The highest BCUT2D eigenvalue weighted by Gasteiger charge is 2.16. The van der Waals surface area contributed by atoms with Crippen molar-refractivity contribution < 1.29 is 14.0 Å². The smallest absolute Gasteiger partial charge is 0.237 e. The number of carbonyl (C=O) groups is 2. The number of hydrogen-bond acceptors (Lipinski definition) is 2. The molecule has 0 saturated heterocycles. The van der Waals surface area contributed by atoms with Crippen LogP contribution in [0.2, 0.25) is 0 Å². The number of carbonyl (C=O) groups excluding carboxylic acids is 2. The summed E-state index contributed by atoms with van der Waals surface area (Å²) in [7, 11) is 1.53. The maximum absolute atomic E-state index is 12.8. The minimum Gasteiger partial charge on any atom is -0.368 e. The van der Waals surface area contributed by atoms with Crippen LogP contribution in [0.15, 0.2) is 24.3 Å². The highest BCUT2D eigenvalue weighted by Crippen LogP contribution is 2.19. The van der Waals surface area contributed by atoms with Gasteiger partial charge in [0.25, 0.3) is 0 Å². The fourth-order valence-electron chi connectivity index (χ4n) is 1.65. The number of nitrogens with zero attached hydrogens (tertiary/aromatic N) is 1. The third-order valence-electron chi connectivity index (χ3n) is 2.74. The lowest BCUT2D eigenvalue weighted by Gasteiger charge is -2.18. The first-order chi connectivity index (χ1) is 8.40. The molecule has 0 aliphatic carbocycles. The van der Waals surface area contributed by atoms with Gasteiger partial charge in [-0.05, 0) is 23.6 Å². The Bertz CT molecular complexity index is 431. The molecule has 1 rings (SSSR count). The topological polar surface area (TPSA) is 63.4 Å². The summed E-state index contributed by atoms with van der Waals surface area (Å²) in [6, 6.07) is 6.04. The van der Waals surface area contributed by atoms with Gasteiger partial charge in [-0.25, -0.2) is 4.39 Å². The van der Waals surface area contributed by atoms with E-state index in [1.165, 1.54) is 24.1 Å². The Hall–Kier alpha value is -1.91. The molecule has 0 aliphatic heterocycles. The first kappa shape index (κ1) is 14.2. The fraction of sp³-hybridized carbons (Fsp3) is 0.385. The average Bonchev–Trinajstić information content (AvgIpc) is 2.28. The molecule has 4 nitrogen and oxygen atoms in total. The normalized spacial score (nSPS) is 11.9. The molecule has 0 heterocycles. The van der Waals surface area contributed by atoms with E-state index in [9.17, 15) is 14.0 Å². The molecule has 1 aromatic carbocycles. The van der Waals surface area contributed by atoms with Gasteiger partial charge in [0.05, 0.1) is 6.54 Å². The Kier molecular flexibility index (Phi) is 4.83. The van der Waals surface area contributed by atoms with E-state index >= 15 is 0 Å². The fourth-order valence-corrected chi connectivity index (χ4v) is 1.65. The molecule has 1 atom stereocenters. The molecular weight excluding hydrogens is 235 g/mol. The number of benzene rings is 1. The summed E-state index contributed by atoms with van der Waals surface area (Å²) in [5.41, 5.74) is 5.90. The van der Waals surface area contributed by atoms with E-state index < -0.39 is 5.91 Å². The summed E-state index contributed by atoms with van der Waals surface area (Å²) in [5, 5.41) is 0. The quantitative estimate of drug-likeness (QED) is 0.857. The Morgan fingerprint density at radius 3 is 2.39 bits per heavy atom. The van der Waals surface area contributed by atoms with Gasteiger partial charge >= 0.3 is 0 Å². The van der Waals surface area contributed by atoms with Crippen molar-refractivity contribution in [2.24, 2.45) is 5.73 Å². The molecule has 18 heavy (non-hydrogen) atoms. The lowest BCUT2D eigenvalue weighted by Crippen LogP contribution is -2.35. The Morgan fingerprint density at radius 1 is 1.33 bits per heavy atom. The first-order valence-electron chi connectivity index (χ1n) is 5.68. The Labute approximate surface area is 106 Å². The van der Waals surface area contributed by atoms with Crippen LogP contribution in [0.3, 0.4) is 0 Å². The molecule has 2 amide bonds. The largest absolute Gasteiger partial charge is 0.368 e. The van der Waals surface area contributed by atoms with Gasteiger partial charge in [-0.15, -0.1) is 0 Å². The molecule has 0 bridgehead atoms. The summed E-state index contributed by atoms with van der Waals surface area (Å²) in [4.78, 5) is 23.8. The highest BCUT2D eigenvalue weighted by molar-refractivity contribution is 5.83. The van der Waals surface area contributed by atoms with Crippen LogP contribution in [-0.2, 0) is 9.59 Å². The first-order valence-corrected chi connectivity index (χ1v) is 5.68. The number of rotatable bonds is 5. The van der Waals surface area contributed by atoms with Crippen LogP contribution in [0.25, 0.3) is 0 Å². The minimum absolute atomic E-state index is 0.0339. The molecule has 0 aliphatic rings. The third kappa shape index (κ3) is 4.16. The SMILES string of the molecule is C[C@@H](CC(=O)N(C)CC(N)=O)c1ccc(F)cc1. The maximum atomic E-state index is 12.8. The van der Waals surface area contributed by atoms with E-state index in [1.54, 1.807) is 12.1 Å². The van der Waals surface area contributed by atoms with Gasteiger partial charge in [0.2, 0.25) is 11.8 Å². The van der Waals surface area contributed by atoms with Crippen LogP contribution in [-0.4, -0.2) is 30.3 Å². The van der Waals surface area contributed by atoms with Gasteiger partial charge in [0.1, 0.15) is 5.82 Å². The lowest BCUT2D eigenvalue weighted by atomic mass is 9.97. The van der Waals surface area contributed by atoms with Crippen molar-refractivity contribution >= 4 is 11.8 Å². The summed E-state index contributed by atoms with van der Waals surface area (Å²) >= 11 is 0. The van der Waals surface area contributed by atoms with Gasteiger partial charge in [-0.2, -0.15) is 0 Å². The molecule has 98 valence electrons. The zero-order chi connectivity index (χ0) is 13.7. The minimum atomic E-state index is -0.541. The molecule has 0 radical (unpaired) electrons. The monoisotopic (exact) mass is 252 g/mol. The second kappa shape index (κ2) is 6.14. The van der Waals surface area contributed by atoms with Crippen LogP contribution in [0.4, 0.5) is 4.39 Å². The number of amides is 2. The summed E-state index contributed by atoms with van der Waals surface area (Å²) in [6.07, 6.45) is 0.259. The standard InChI is InChI=1S/C13H17FN2O2/c1-9(10-3-5-11(14)6-4-10)7-13(18)16(2)8-12(15)17/h3-6,9H,7-8H2,1-2H3,(H2,15,17)/t9-/m0/s1.